The monoisotopic (exact) mass is 492 g/mol. The second kappa shape index (κ2) is 9.61. The molecule has 10 heteroatoms. The average Bonchev–Trinajstić information content (AvgIpc) is 3.01. The van der Waals surface area contributed by atoms with Gasteiger partial charge in [-0.05, 0) is 57.4 Å². The van der Waals surface area contributed by atoms with Crippen LogP contribution in [-0.4, -0.2) is 43.6 Å². The van der Waals surface area contributed by atoms with Gasteiger partial charge in [0.1, 0.15) is 11.5 Å². The predicted molar refractivity (Wildman–Crippen MR) is 112 cm³/mol. The summed E-state index contributed by atoms with van der Waals surface area (Å²) >= 11 is 3.35. The van der Waals surface area contributed by atoms with E-state index in [-0.39, 0.29) is 24.6 Å². The summed E-state index contributed by atoms with van der Waals surface area (Å²) in [7, 11) is 2.68. The minimum atomic E-state index is -0.579. The third-order valence-electron chi connectivity index (χ3n) is 4.34. The van der Waals surface area contributed by atoms with Crippen molar-refractivity contribution >= 4 is 39.9 Å². The molecular formula is C21H18BrFN2O6. The Morgan fingerprint density at radius 3 is 2.55 bits per heavy atom. The fourth-order valence-electron chi connectivity index (χ4n) is 2.81. The van der Waals surface area contributed by atoms with E-state index >= 15 is 0 Å². The van der Waals surface area contributed by atoms with Gasteiger partial charge in [-0.15, -0.1) is 0 Å². The van der Waals surface area contributed by atoms with E-state index in [0.717, 1.165) is 4.90 Å². The molecular weight excluding hydrogens is 475 g/mol. The Balaban J connectivity index is 1.81. The molecule has 3 amide bonds. The van der Waals surface area contributed by atoms with Gasteiger partial charge < -0.3 is 19.5 Å². The zero-order chi connectivity index (χ0) is 22.5. The topological polar surface area (TPSA) is 94.2 Å². The first-order valence-corrected chi connectivity index (χ1v) is 9.77. The van der Waals surface area contributed by atoms with E-state index in [1.54, 1.807) is 12.1 Å². The lowest BCUT2D eigenvalue weighted by Gasteiger charge is -2.13. The number of benzene rings is 2. The molecule has 0 aliphatic carbocycles. The average molecular weight is 493 g/mol. The van der Waals surface area contributed by atoms with Gasteiger partial charge in [0, 0.05) is 0 Å². The zero-order valence-corrected chi connectivity index (χ0v) is 18.2. The van der Waals surface area contributed by atoms with E-state index in [1.807, 2.05) is 0 Å². The molecule has 0 atom stereocenters. The van der Waals surface area contributed by atoms with Crippen molar-refractivity contribution < 1.29 is 33.0 Å². The van der Waals surface area contributed by atoms with Crippen LogP contribution in [0.3, 0.4) is 0 Å². The number of carbonyl (C=O) groups is 3. The standard InChI is InChI=1S/C21H18BrFN2O6/c1-29-17-9-13(7-15(22)19(17)31-11-18(26)30-2)8-16-20(27)25(21(28)24-16)10-12-3-5-14(23)6-4-12/h3-9H,10-11H2,1-2H3,(H,24,28). The molecule has 0 saturated carbocycles. The van der Waals surface area contributed by atoms with Crippen molar-refractivity contribution in [1.29, 1.82) is 0 Å². The fraction of sp³-hybridized carbons (Fsp3) is 0.190. The summed E-state index contributed by atoms with van der Waals surface area (Å²) in [5.74, 6) is -0.879. The summed E-state index contributed by atoms with van der Waals surface area (Å²) in [5, 5.41) is 2.53. The maximum atomic E-state index is 13.1. The lowest BCUT2D eigenvalue weighted by molar-refractivity contribution is -0.143. The number of nitrogens with one attached hydrogen (secondary N) is 1. The number of hydrogen-bond donors (Lipinski definition) is 1. The highest BCUT2D eigenvalue weighted by atomic mass is 79.9. The van der Waals surface area contributed by atoms with Gasteiger partial charge in [0.05, 0.1) is 25.2 Å². The Morgan fingerprint density at radius 2 is 1.90 bits per heavy atom. The van der Waals surface area contributed by atoms with Gasteiger partial charge in [0.15, 0.2) is 18.1 Å². The van der Waals surface area contributed by atoms with Crippen LogP contribution in [0.1, 0.15) is 11.1 Å². The summed E-state index contributed by atoms with van der Waals surface area (Å²) in [6.45, 7) is -0.297. The fourth-order valence-corrected chi connectivity index (χ4v) is 3.38. The normalized spacial score (nSPS) is 14.6. The molecule has 162 valence electrons. The highest BCUT2D eigenvalue weighted by Gasteiger charge is 2.33. The summed E-state index contributed by atoms with van der Waals surface area (Å²) in [4.78, 5) is 37.3. The minimum Gasteiger partial charge on any atom is -0.493 e. The molecule has 0 bridgehead atoms. The Bertz CT molecular complexity index is 1050. The molecule has 8 nitrogen and oxygen atoms in total. The van der Waals surface area contributed by atoms with Crippen LogP contribution in [0.4, 0.5) is 9.18 Å². The molecule has 3 rings (SSSR count). The maximum Gasteiger partial charge on any atom is 0.343 e. The number of esters is 1. The molecule has 1 N–H and O–H groups in total. The van der Waals surface area contributed by atoms with Gasteiger partial charge in [-0.3, -0.25) is 9.69 Å². The largest absolute Gasteiger partial charge is 0.493 e. The smallest absolute Gasteiger partial charge is 0.343 e. The summed E-state index contributed by atoms with van der Waals surface area (Å²) in [5.41, 5.74) is 1.23. The maximum absolute atomic E-state index is 13.1. The molecule has 2 aromatic rings. The molecule has 1 heterocycles. The highest BCUT2D eigenvalue weighted by molar-refractivity contribution is 9.10. The van der Waals surface area contributed by atoms with Crippen molar-refractivity contribution in [3.8, 4) is 11.5 Å². The summed E-state index contributed by atoms with van der Waals surface area (Å²) < 4.78 is 28.8. The number of amides is 3. The molecule has 1 fully saturated rings. The van der Waals surface area contributed by atoms with Gasteiger partial charge in [-0.2, -0.15) is 0 Å². The molecule has 0 aromatic heterocycles. The van der Waals surface area contributed by atoms with Crippen LogP contribution in [0.2, 0.25) is 0 Å². The third-order valence-corrected chi connectivity index (χ3v) is 4.93. The summed E-state index contributed by atoms with van der Waals surface area (Å²) in [6.07, 6.45) is 1.49. The number of carbonyl (C=O) groups excluding carboxylic acids is 3. The Kier molecular flexibility index (Phi) is 6.91. The molecule has 0 radical (unpaired) electrons. The number of urea groups is 1. The van der Waals surface area contributed by atoms with Gasteiger partial charge in [-0.1, -0.05) is 12.1 Å². The van der Waals surface area contributed by atoms with Crippen molar-refractivity contribution in [2.24, 2.45) is 0 Å². The van der Waals surface area contributed by atoms with E-state index < -0.39 is 23.7 Å². The first kappa shape index (κ1) is 22.3. The lowest BCUT2D eigenvalue weighted by Crippen LogP contribution is -2.30. The summed E-state index contributed by atoms with van der Waals surface area (Å²) in [6, 6.07) is 8.19. The number of nitrogens with zero attached hydrogens (tertiary/aromatic N) is 1. The van der Waals surface area contributed by atoms with Crippen LogP contribution in [0.15, 0.2) is 46.6 Å². The van der Waals surface area contributed by atoms with Crippen LogP contribution < -0.4 is 14.8 Å². The van der Waals surface area contributed by atoms with Crippen molar-refractivity contribution in [3.63, 3.8) is 0 Å². The van der Waals surface area contributed by atoms with Crippen molar-refractivity contribution in [2.75, 3.05) is 20.8 Å². The molecule has 0 spiro atoms. The molecule has 1 aliphatic heterocycles. The van der Waals surface area contributed by atoms with E-state index in [1.165, 1.54) is 44.6 Å². The van der Waals surface area contributed by atoms with E-state index in [9.17, 15) is 18.8 Å². The first-order chi connectivity index (χ1) is 14.8. The van der Waals surface area contributed by atoms with E-state index in [0.29, 0.717) is 21.3 Å². The van der Waals surface area contributed by atoms with Crippen LogP contribution in [-0.2, 0) is 20.9 Å². The minimum absolute atomic E-state index is 0.00953. The molecule has 1 saturated heterocycles. The number of hydrogen-bond acceptors (Lipinski definition) is 6. The highest BCUT2D eigenvalue weighted by Crippen LogP contribution is 2.37. The van der Waals surface area contributed by atoms with Crippen molar-refractivity contribution in [2.45, 2.75) is 6.54 Å². The first-order valence-electron chi connectivity index (χ1n) is 8.98. The van der Waals surface area contributed by atoms with Crippen molar-refractivity contribution in [1.82, 2.24) is 10.2 Å². The number of ether oxygens (including phenoxy) is 3. The number of halogens is 2. The van der Waals surface area contributed by atoms with Gasteiger partial charge in [-0.25, -0.2) is 14.0 Å². The number of rotatable bonds is 7. The SMILES string of the molecule is COC(=O)COc1c(Br)cc(C=C2NC(=O)N(Cc3ccc(F)cc3)C2=O)cc1OC. The van der Waals surface area contributed by atoms with Gasteiger partial charge >= 0.3 is 12.0 Å². The predicted octanol–water partition coefficient (Wildman–Crippen LogP) is 3.24. The van der Waals surface area contributed by atoms with Crippen LogP contribution >= 0.6 is 15.9 Å². The second-order valence-corrected chi connectivity index (χ2v) is 7.26. The second-order valence-electron chi connectivity index (χ2n) is 6.40. The Hall–Kier alpha value is -3.40. The quantitative estimate of drug-likeness (QED) is 0.362. The third kappa shape index (κ3) is 5.21. The Morgan fingerprint density at radius 1 is 1.19 bits per heavy atom. The van der Waals surface area contributed by atoms with Crippen LogP contribution in [0.5, 0.6) is 11.5 Å². The zero-order valence-electron chi connectivity index (χ0n) is 16.6. The molecule has 1 aliphatic rings. The van der Waals surface area contributed by atoms with Crippen LogP contribution in [0.25, 0.3) is 6.08 Å². The number of methoxy groups -OCH3 is 2. The molecule has 0 unspecified atom stereocenters. The molecule has 31 heavy (non-hydrogen) atoms. The van der Waals surface area contributed by atoms with Gasteiger partial charge in [0.25, 0.3) is 5.91 Å². The van der Waals surface area contributed by atoms with Gasteiger partial charge in [0.2, 0.25) is 0 Å². The lowest BCUT2D eigenvalue weighted by atomic mass is 10.1. The number of imide groups is 1. The van der Waals surface area contributed by atoms with E-state index in [4.69, 9.17) is 9.47 Å². The van der Waals surface area contributed by atoms with Crippen LogP contribution in [0, 0.1) is 5.82 Å². The van der Waals surface area contributed by atoms with Crippen molar-refractivity contribution in [3.05, 3.63) is 63.5 Å². The molecule has 2 aromatic carbocycles. The van der Waals surface area contributed by atoms with E-state index in [2.05, 4.69) is 26.0 Å². The Labute approximate surface area is 185 Å².